The summed E-state index contributed by atoms with van der Waals surface area (Å²) in [5.74, 6) is 0.293. The van der Waals surface area contributed by atoms with Crippen LogP contribution >= 0.6 is 23.2 Å². The molecule has 0 spiro atoms. The van der Waals surface area contributed by atoms with E-state index >= 15 is 0 Å². The zero-order valence-electron chi connectivity index (χ0n) is 13.8. The third-order valence-corrected chi connectivity index (χ3v) is 4.31. The lowest BCUT2D eigenvalue weighted by molar-refractivity contribution is 0.200. The molecule has 0 aliphatic rings. The lowest BCUT2D eigenvalue weighted by Crippen LogP contribution is -2.06. The number of oxime groups is 1. The van der Waals surface area contributed by atoms with Gasteiger partial charge in [0.25, 0.3) is 5.90 Å². The minimum Gasteiger partial charge on any atom is -0.478 e. The van der Waals surface area contributed by atoms with Crippen molar-refractivity contribution in [3.8, 4) is 11.3 Å². The molecule has 23 heavy (non-hydrogen) atoms. The van der Waals surface area contributed by atoms with Gasteiger partial charge in [-0.1, -0.05) is 30.1 Å². The van der Waals surface area contributed by atoms with Crippen molar-refractivity contribution in [2.24, 2.45) is 12.2 Å². The summed E-state index contributed by atoms with van der Waals surface area (Å²) in [6.07, 6.45) is 0.802. The van der Waals surface area contributed by atoms with Crippen molar-refractivity contribution in [1.82, 2.24) is 9.78 Å². The molecule has 2 aromatic rings. The van der Waals surface area contributed by atoms with Gasteiger partial charge in [-0.3, -0.25) is 4.68 Å². The summed E-state index contributed by atoms with van der Waals surface area (Å²) in [5, 5.41) is 9.56. The Labute approximate surface area is 145 Å². The lowest BCUT2D eigenvalue weighted by Gasteiger charge is -2.11. The van der Waals surface area contributed by atoms with Crippen LogP contribution in [-0.2, 0) is 23.0 Å². The minimum absolute atomic E-state index is 0.293. The molecule has 0 unspecified atom stereocenters. The van der Waals surface area contributed by atoms with Crippen LogP contribution in [0.1, 0.15) is 23.7 Å². The van der Waals surface area contributed by atoms with E-state index in [1.807, 2.05) is 33.0 Å². The normalized spacial score (nSPS) is 11.7. The number of hydrogen-bond donors (Lipinski definition) is 0. The third-order valence-electron chi connectivity index (χ3n) is 3.60. The van der Waals surface area contributed by atoms with E-state index in [1.165, 1.54) is 14.2 Å². The predicted octanol–water partition coefficient (Wildman–Crippen LogP) is 4.22. The number of benzene rings is 1. The number of methoxy groups -OCH3 is 1. The zero-order valence-corrected chi connectivity index (χ0v) is 15.3. The highest BCUT2D eigenvalue weighted by molar-refractivity contribution is 6.35. The average molecular weight is 356 g/mol. The molecule has 1 heterocycles. The summed E-state index contributed by atoms with van der Waals surface area (Å²) >= 11 is 12.8. The third kappa shape index (κ3) is 3.31. The Morgan fingerprint density at radius 3 is 2.52 bits per heavy atom. The Morgan fingerprint density at radius 1 is 1.30 bits per heavy atom. The molecule has 2 rings (SSSR count). The van der Waals surface area contributed by atoms with Gasteiger partial charge < -0.3 is 9.57 Å². The first-order valence-corrected chi connectivity index (χ1v) is 7.87. The maximum atomic E-state index is 6.50. The molecule has 0 saturated carbocycles. The van der Waals surface area contributed by atoms with Crippen molar-refractivity contribution >= 4 is 29.1 Å². The van der Waals surface area contributed by atoms with Gasteiger partial charge in [0.1, 0.15) is 12.8 Å². The molecular weight excluding hydrogens is 337 g/mol. The average Bonchev–Trinajstić information content (AvgIpc) is 2.79. The van der Waals surface area contributed by atoms with Crippen LogP contribution in [0.5, 0.6) is 0 Å². The van der Waals surface area contributed by atoms with Gasteiger partial charge >= 0.3 is 0 Å². The predicted molar refractivity (Wildman–Crippen MR) is 93.3 cm³/mol. The van der Waals surface area contributed by atoms with Gasteiger partial charge in [-0.2, -0.15) is 5.10 Å². The minimum atomic E-state index is 0.293. The van der Waals surface area contributed by atoms with Gasteiger partial charge in [-0.25, -0.2) is 0 Å². The first-order valence-electron chi connectivity index (χ1n) is 7.11. The molecule has 1 aromatic carbocycles. The molecule has 0 N–H and O–H groups in total. The lowest BCUT2D eigenvalue weighted by atomic mass is 10.0. The van der Waals surface area contributed by atoms with Crippen LogP contribution in [0.3, 0.4) is 0 Å². The summed E-state index contributed by atoms with van der Waals surface area (Å²) in [6.45, 7) is 4.00. The second-order valence-electron chi connectivity index (χ2n) is 5.02. The highest BCUT2D eigenvalue weighted by atomic mass is 35.5. The number of aryl methyl sites for hydroxylation is 2. The Balaban J connectivity index is 2.67. The van der Waals surface area contributed by atoms with Crippen LogP contribution in [0.15, 0.2) is 17.3 Å². The molecule has 0 aliphatic carbocycles. The van der Waals surface area contributed by atoms with E-state index in [9.17, 15) is 0 Å². The first-order chi connectivity index (χ1) is 10.9. The van der Waals surface area contributed by atoms with Crippen molar-refractivity contribution < 1.29 is 9.57 Å². The summed E-state index contributed by atoms with van der Waals surface area (Å²) < 4.78 is 7.05. The topological polar surface area (TPSA) is 48.6 Å². The van der Waals surface area contributed by atoms with Crippen LogP contribution in [-0.4, -0.2) is 29.9 Å². The smallest absolute Gasteiger partial charge is 0.258 e. The summed E-state index contributed by atoms with van der Waals surface area (Å²) in [5.41, 5.74) is 4.17. The molecular formula is C16H19Cl2N3O2. The Kier molecular flexibility index (Phi) is 5.55. The monoisotopic (exact) mass is 355 g/mol. The van der Waals surface area contributed by atoms with E-state index in [1.54, 1.807) is 4.68 Å². The molecule has 0 amide bonds. The molecule has 0 aliphatic heterocycles. The molecule has 124 valence electrons. The molecule has 0 saturated heterocycles. The summed E-state index contributed by atoms with van der Waals surface area (Å²) in [7, 11) is 4.84. The number of hydrogen-bond acceptors (Lipinski definition) is 4. The first kappa shape index (κ1) is 17.6. The van der Waals surface area contributed by atoms with Crippen LogP contribution < -0.4 is 0 Å². The molecule has 7 heteroatoms. The van der Waals surface area contributed by atoms with Gasteiger partial charge in [0.15, 0.2) is 0 Å². The maximum absolute atomic E-state index is 6.50. The number of aromatic nitrogens is 2. The number of ether oxygens (including phenoxy) is 1. The summed E-state index contributed by atoms with van der Waals surface area (Å²) in [6, 6.07) is 3.71. The number of nitrogens with zero attached hydrogens (tertiary/aromatic N) is 3. The van der Waals surface area contributed by atoms with Crippen LogP contribution in [0.25, 0.3) is 11.3 Å². The zero-order chi connectivity index (χ0) is 17.1. The molecule has 0 fully saturated rings. The fourth-order valence-electron chi connectivity index (χ4n) is 2.46. The molecule has 0 atom stereocenters. The van der Waals surface area contributed by atoms with Crippen molar-refractivity contribution in [3.63, 3.8) is 0 Å². The van der Waals surface area contributed by atoms with Gasteiger partial charge in [0, 0.05) is 12.6 Å². The molecule has 5 nitrogen and oxygen atoms in total. The molecule has 0 bridgehead atoms. The number of rotatable bonds is 4. The van der Waals surface area contributed by atoms with Crippen LogP contribution in [0, 0.1) is 6.92 Å². The second kappa shape index (κ2) is 7.23. The standard InChI is InChI=1S/C16H19Cl2N3O2/c1-6-13-14(18)15(19-21(13)3)10-8-11(12(17)7-9(10)2)16(22-4)20-23-5/h7-8H,6H2,1-5H3/b20-16+. The van der Waals surface area contributed by atoms with Crippen molar-refractivity contribution in [3.05, 3.63) is 39.0 Å². The van der Waals surface area contributed by atoms with Gasteiger partial charge in [0.05, 0.1) is 28.4 Å². The van der Waals surface area contributed by atoms with Gasteiger partial charge in [0.2, 0.25) is 0 Å². The largest absolute Gasteiger partial charge is 0.478 e. The van der Waals surface area contributed by atoms with Gasteiger partial charge in [-0.05, 0) is 36.2 Å². The van der Waals surface area contributed by atoms with E-state index in [-0.39, 0.29) is 0 Å². The maximum Gasteiger partial charge on any atom is 0.258 e. The molecule has 1 aromatic heterocycles. The highest BCUT2D eigenvalue weighted by Crippen LogP contribution is 2.35. The fourth-order valence-corrected chi connectivity index (χ4v) is 3.15. The van der Waals surface area contributed by atoms with E-state index < -0.39 is 0 Å². The highest BCUT2D eigenvalue weighted by Gasteiger charge is 2.20. The fraction of sp³-hybridized carbons (Fsp3) is 0.375. The van der Waals surface area contributed by atoms with E-state index in [4.69, 9.17) is 32.8 Å². The van der Waals surface area contributed by atoms with Crippen LogP contribution in [0.4, 0.5) is 0 Å². The van der Waals surface area contributed by atoms with Crippen molar-refractivity contribution in [2.45, 2.75) is 20.3 Å². The quantitative estimate of drug-likeness (QED) is 0.468. The number of halogens is 2. The Bertz CT molecular complexity index is 754. The van der Waals surface area contributed by atoms with Crippen LogP contribution in [0.2, 0.25) is 10.0 Å². The van der Waals surface area contributed by atoms with E-state index in [0.29, 0.717) is 27.2 Å². The SMILES string of the molecule is CCc1c(Cl)c(-c2cc(/C(=N\OC)OC)c(Cl)cc2C)nn1C. The molecule has 0 radical (unpaired) electrons. The second-order valence-corrected chi connectivity index (χ2v) is 5.80. The summed E-state index contributed by atoms with van der Waals surface area (Å²) in [4.78, 5) is 4.80. The van der Waals surface area contributed by atoms with Crippen molar-refractivity contribution in [1.29, 1.82) is 0 Å². The van der Waals surface area contributed by atoms with E-state index in [2.05, 4.69) is 10.3 Å². The van der Waals surface area contributed by atoms with E-state index in [0.717, 1.165) is 23.2 Å². The van der Waals surface area contributed by atoms with Crippen molar-refractivity contribution in [2.75, 3.05) is 14.2 Å². The van der Waals surface area contributed by atoms with Gasteiger partial charge in [-0.15, -0.1) is 0 Å². The Hall–Kier alpha value is -1.72. The Morgan fingerprint density at radius 2 is 2.00 bits per heavy atom.